The highest BCUT2D eigenvalue weighted by atomic mass is 32.2. The zero-order valence-electron chi connectivity index (χ0n) is 14.8. The minimum atomic E-state index is -2.91. The van der Waals surface area contributed by atoms with Gasteiger partial charge in [-0.05, 0) is 26.7 Å². The third kappa shape index (κ3) is 3.04. The molecule has 2 radical (unpaired) electrons. The number of rotatable bonds is 4. The number of hydrogen-bond acceptors (Lipinski definition) is 7. The molecule has 2 aromatic heterocycles. The minimum absolute atomic E-state index is 0.0862. The zero-order chi connectivity index (χ0) is 18.3. The SMILES string of the molecule is CCn1nc(C)c2c(NC3CCS(=O)(=O)CC3)c(C3=NO[C]C3)cnc21. The summed E-state index contributed by atoms with van der Waals surface area (Å²) in [7, 11) is -2.91. The second-order valence-corrected chi connectivity index (χ2v) is 8.97. The van der Waals surface area contributed by atoms with Gasteiger partial charge < -0.3 is 10.2 Å². The summed E-state index contributed by atoms with van der Waals surface area (Å²) in [6.07, 6.45) is 3.45. The van der Waals surface area contributed by atoms with Gasteiger partial charge in [-0.3, -0.25) is 0 Å². The summed E-state index contributed by atoms with van der Waals surface area (Å²) in [5, 5.41) is 13.1. The molecule has 26 heavy (non-hydrogen) atoms. The van der Waals surface area contributed by atoms with E-state index >= 15 is 0 Å². The first kappa shape index (κ1) is 17.3. The van der Waals surface area contributed by atoms with Crippen LogP contribution in [0.1, 0.15) is 37.4 Å². The average Bonchev–Trinajstić information content (AvgIpc) is 3.25. The molecule has 0 saturated carbocycles. The van der Waals surface area contributed by atoms with Crippen molar-refractivity contribution in [1.29, 1.82) is 0 Å². The number of nitrogens with one attached hydrogen (secondary N) is 1. The highest BCUT2D eigenvalue weighted by Crippen LogP contribution is 2.33. The van der Waals surface area contributed by atoms with Crippen molar-refractivity contribution in [1.82, 2.24) is 14.8 Å². The monoisotopic (exact) mass is 375 g/mol. The number of aromatic nitrogens is 3. The van der Waals surface area contributed by atoms with Gasteiger partial charge in [0, 0.05) is 30.8 Å². The van der Waals surface area contributed by atoms with E-state index in [9.17, 15) is 8.42 Å². The fraction of sp³-hybridized carbons (Fsp3) is 0.529. The summed E-state index contributed by atoms with van der Waals surface area (Å²) >= 11 is 0. The summed E-state index contributed by atoms with van der Waals surface area (Å²) in [5.74, 6) is 0.431. The Morgan fingerprint density at radius 1 is 1.38 bits per heavy atom. The Morgan fingerprint density at radius 3 is 2.81 bits per heavy atom. The van der Waals surface area contributed by atoms with Crippen LogP contribution in [0.25, 0.3) is 11.0 Å². The van der Waals surface area contributed by atoms with Crippen LogP contribution in [0.3, 0.4) is 0 Å². The molecule has 1 saturated heterocycles. The molecule has 2 aromatic rings. The molecule has 4 heterocycles. The summed E-state index contributed by atoms with van der Waals surface area (Å²) in [4.78, 5) is 9.53. The molecule has 2 aliphatic heterocycles. The molecular weight excluding hydrogens is 354 g/mol. The van der Waals surface area contributed by atoms with Gasteiger partial charge in [-0.15, -0.1) is 0 Å². The maximum Gasteiger partial charge on any atom is 0.236 e. The number of anilines is 1. The van der Waals surface area contributed by atoms with Crippen LogP contribution in [0.4, 0.5) is 5.69 Å². The molecular formula is C17H21N5O3S. The molecule has 0 aliphatic carbocycles. The summed E-state index contributed by atoms with van der Waals surface area (Å²) < 4.78 is 25.3. The topological polar surface area (TPSA) is 98.5 Å². The number of fused-ring (bicyclic) bond motifs is 1. The van der Waals surface area contributed by atoms with Crippen molar-refractivity contribution in [3.05, 3.63) is 24.1 Å². The second-order valence-electron chi connectivity index (χ2n) is 6.67. The number of oxime groups is 1. The molecule has 0 unspecified atom stereocenters. The van der Waals surface area contributed by atoms with Gasteiger partial charge in [0.2, 0.25) is 6.61 Å². The van der Waals surface area contributed by atoms with E-state index in [-0.39, 0.29) is 17.5 Å². The van der Waals surface area contributed by atoms with E-state index in [1.54, 1.807) is 6.20 Å². The molecule has 1 N–H and O–H groups in total. The van der Waals surface area contributed by atoms with E-state index in [1.165, 1.54) is 0 Å². The fourth-order valence-electron chi connectivity index (χ4n) is 3.51. The first-order valence-electron chi connectivity index (χ1n) is 8.77. The lowest BCUT2D eigenvalue weighted by Crippen LogP contribution is -2.32. The van der Waals surface area contributed by atoms with Gasteiger partial charge in [-0.2, -0.15) is 5.10 Å². The van der Waals surface area contributed by atoms with Crippen molar-refractivity contribution >= 4 is 32.3 Å². The van der Waals surface area contributed by atoms with Crippen LogP contribution in [0.2, 0.25) is 0 Å². The number of nitrogens with zero attached hydrogens (tertiary/aromatic N) is 4. The van der Waals surface area contributed by atoms with Crippen molar-refractivity contribution in [2.24, 2.45) is 5.16 Å². The predicted octanol–water partition coefficient (Wildman–Crippen LogP) is 1.91. The molecule has 8 nitrogen and oxygen atoms in total. The maximum atomic E-state index is 11.7. The Hall–Kier alpha value is -2.16. The Kier molecular flexibility index (Phi) is 4.34. The molecule has 1 fully saturated rings. The van der Waals surface area contributed by atoms with Crippen LogP contribution in [0, 0.1) is 13.5 Å². The van der Waals surface area contributed by atoms with Crippen molar-refractivity contribution in [3.8, 4) is 0 Å². The first-order chi connectivity index (χ1) is 12.5. The molecule has 0 aromatic carbocycles. The third-order valence-electron chi connectivity index (χ3n) is 4.91. The highest BCUT2D eigenvalue weighted by Gasteiger charge is 2.27. The largest absolute Gasteiger partial charge is 0.381 e. The van der Waals surface area contributed by atoms with Crippen molar-refractivity contribution < 1.29 is 13.3 Å². The quantitative estimate of drug-likeness (QED) is 0.876. The Morgan fingerprint density at radius 2 is 2.15 bits per heavy atom. The van der Waals surface area contributed by atoms with Gasteiger partial charge >= 0.3 is 0 Å². The summed E-state index contributed by atoms with van der Waals surface area (Å²) in [6, 6.07) is 0.0862. The van der Waals surface area contributed by atoms with Crippen LogP contribution < -0.4 is 5.32 Å². The second kappa shape index (κ2) is 6.53. The van der Waals surface area contributed by atoms with Gasteiger partial charge in [-0.25, -0.2) is 18.1 Å². The van der Waals surface area contributed by atoms with E-state index in [2.05, 4.69) is 27.2 Å². The highest BCUT2D eigenvalue weighted by molar-refractivity contribution is 7.91. The molecule has 0 atom stereocenters. The molecule has 0 bridgehead atoms. The lowest BCUT2D eigenvalue weighted by molar-refractivity contribution is 0.234. The lowest BCUT2D eigenvalue weighted by Gasteiger charge is -2.25. The van der Waals surface area contributed by atoms with Crippen molar-refractivity contribution in [2.75, 3.05) is 16.8 Å². The van der Waals surface area contributed by atoms with Crippen molar-refractivity contribution in [3.63, 3.8) is 0 Å². The van der Waals surface area contributed by atoms with Gasteiger partial charge in [0.1, 0.15) is 9.84 Å². The number of sulfone groups is 1. The number of aryl methyl sites for hydroxylation is 2. The van der Waals surface area contributed by atoms with E-state index in [4.69, 9.17) is 4.84 Å². The van der Waals surface area contributed by atoms with Gasteiger partial charge in [0.05, 0.1) is 34.0 Å². The van der Waals surface area contributed by atoms with Crippen LogP contribution in [0.15, 0.2) is 11.4 Å². The average molecular weight is 375 g/mol. The smallest absolute Gasteiger partial charge is 0.236 e. The van der Waals surface area contributed by atoms with E-state index in [0.29, 0.717) is 19.3 Å². The Balaban J connectivity index is 1.79. The van der Waals surface area contributed by atoms with E-state index < -0.39 is 9.84 Å². The van der Waals surface area contributed by atoms with Gasteiger partial charge in [-0.1, -0.05) is 5.16 Å². The van der Waals surface area contributed by atoms with E-state index in [1.807, 2.05) is 18.5 Å². The summed E-state index contributed by atoms with van der Waals surface area (Å²) in [6.45, 7) is 7.44. The zero-order valence-corrected chi connectivity index (χ0v) is 15.6. The Labute approximate surface area is 152 Å². The molecule has 9 heteroatoms. The van der Waals surface area contributed by atoms with Gasteiger partial charge in [0.25, 0.3) is 0 Å². The van der Waals surface area contributed by atoms with Crippen molar-refractivity contribution in [2.45, 2.75) is 45.7 Å². The van der Waals surface area contributed by atoms with Gasteiger partial charge in [0.15, 0.2) is 5.65 Å². The van der Waals surface area contributed by atoms with Crippen LogP contribution >= 0.6 is 0 Å². The fourth-order valence-corrected chi connectivity index (χ4v) is 5.00. The van der Waals surface area contributed by atoms with Crippen LogP contribution in [0.5, 0.6) is 0 Å². The number of pyridine rings is 1. The normalized spacial score (nSPS) is 20.2. The first-order valence-corrected chi connectivity index (χ1v) is 10.6. The lowest BCUT2D eigenvalue weighted by atomic mass is 10.0. The molecule has 0 amide bonds. The van der Waals surface area contributed by atoms with E-state index in [0.717, 1.165) is 40.2 Å². The van der Waals surface area contributed by atoms with Crippen LogP contribution in [-0.4, -0.2) is 46.4 Å². The predicted molar refractivity (Wildman–Crippen MR) is 98.7 cm³/mol. The minimum Gasteiger partial charge on any atom is -0.381 e. The molecule has 4 rings (SSSR count). The maximum absolute atomic E-state index is 11.7. The summed E-state index contributed by atoms with van der Waals surface area (Å²) in [5.41, 5.74) is 4.22. The molecule has 0 spiro atoms. The standard InChI is InChI=1S/C17H21N5O3S/c1-3-22-17-15(11(2)20-22)16(13(10-18-17)14-4-7-25-21-14)19-12-5-8-26(23,24)9-6-12/h10,12H,3-6,8-9H2,1-2H3,(H,18,19). The third-order valence-corrected chi connectivity index (χ3v) is 6.62. The molecule has 2 aliphatic rings. The Bertz CT molecular complexity index is 966. The molecule has 138 valence electrons. The number of hydrogen-bond donors (Lipinski definition) is 1. The van der Waals surface area contributed by atoms with Crippen LogP contribution in [-0.2, 0) is 21.2 Å².